The summed E-state index contributed by atoms with van der Waals surface area (Å²) in [5.74, 6) is 1.71. The lowest BCUT2D eigenvalue weighted by Gasteiger charge is -2.26. The molecule has 3 aromatic rings. The van der Waals surface area contributed by atoms with E-state index in [1.54, 1.807) is 6.07 Å². The summed E-state index contributed by atoms with van der Waals surface area (Å²) in [5, 5.41) is 4.00. The second-order valence-electron chi connectivity index (χ2n) is 9.36. The number of benzene rings is 2. The molecule has 3 atom stereocenters. The Morgan fingerprint density at radius 3 is 2.79 bits per heavy atom. The predicted octanol–water partition coefficient (Wildman–Crippen LogP) is 5.35. The Kier molecular flexibility index (Phi) is 6.12. The number of piperidine rings is 1. The lowest BCUT2D eigenvalue weighted by molar-refractivity contribution is -0.137. The highest BCUT2D eigenvalue weighted by Gasteiger charge is 2.51. The number of alkyl halides is 3. The van der Waals surface area contributed by atoms with Crippen molar-refractivity contribution >= 4 is 22.3 Å². The molecular formula is C26H29F3N4O. The van der Waals surface area contributed by atoms with E-state index in [0.29, 0.717) is 30.6 Å². The maximum Gasteiger partial charge on any atom is 0.416 e. The van der Waals surface area contributed by atoms with Crippen LogP contribution < -0.4 is 15.8 Å². The molecule has 1 saturated heterocycles. The summed E-state index contributed by atoms with van der Waals surface area (Å²) in [5.41, 5.74) is 7.77. The number of ether oxygens (including phenoxy) is 1. The fourth-order valence-electron chi connectivity index (χ4n) is 5.18. The summed E-state index contributed by atoms with van der Waals surface area (Å²) in [6, 6.07) is 13.6. The lowest BCUT2D eigenvalue weighted by Crippen LogP contribution is -2.39. The quantitative estimate of drug-likeness (QED) is 0.435. The molecule has 0 amide bonds. The van der Waals surface area contributed by atoms with Gasteiger partial charge in [-0.1, -0.05) is 18.2 Å². The Morgan fingerprint density at radius 2 is 2.00 bits per heavy atom. The van der Waals surface area contributed by atoms with E-state index in [2.05, 4.69) is 15.2 Å². The number of pyridine rings is 1. The lowest BCUT2D eigenvalue weighted by atomic mass is 10.1. The van der Waals surface area contributed by atoms with Crippen LogP contribution in [-0.4, -0.2) is 42.2 Å². The summed E-state index contributed by atoms with van der Waals surface area (Å²) in [6.07, 6.45) is -2.46. The van der Waals surface area contributed by atoms with Crippen LogP contribution in [0.25, 0.3) is 10.9 Å². The van der Waals surface area contributed by atoms with Crippen LogP contribution in [0.4, 0.5) is 24.5 Å². The SMILES string of the molecule is Cc1cc(Nc2cc(OCCCN3CC4CC4C3CN)cc(C(F)(F)F)c2)c2ccccc2n1. The Hall–Kier alpha value is -2.84. The van der Waals surface area contributed by atoms with Crippen LogP contribution in [-0.2, 0) is 6.18 Å². The molecule has 5 rings (SSSR count). The third-order valence-electron chi connectivity index (χ3n) is 6.87. The van der Waals surface area contributed by atoms with Crippen molar-refractivity contribution in [3.8, 4) is 5.75 Å². The molecule has 1 aliphatic heterocycles. The Bertz CT molecular complexity index is 1180. The topological polar surface area (TPSA) is 63.4 Å². The van der Waals surface area contributed by atoms with Crippen molar-refractivity contribution in [1.82, 2.24) is 9.88 Å². The maximum atomic E-state index is 13.6. The molecule has 0 spiro atoms. The van der Waals surface area contributed by atoms with Gasteiger partial charge in [-0.05, 0) is 55.9 Å². The van der Waals surface area contributed by atoms with Crippen molar-refractivity contribution in [3.63, 3.8) is 0 Å². The van der Waals surface area contributed by atoms with Gasteiger partial charge in [-0.15, -0.1) is 0 Å². The number of nitrogens with one attached hydrogen (secondary N) is 1. The van der Waals surface area contributed by atoms with Gasteiger partial charge in [0, 0.05) is 54.2 Å². The second kappa shape index (κ2) is 9.07. The first-order valence-electron chi connectivity index (χ1n) is 11.7. The van der Waals surface area contributed by atoms with Crippen molar-refractivity contribution in [2.24, 2.45) is 17.6 Å². The number of nitrogens with two attached hydrogens (primary N) is 1. The van der Waals surface area contributed by atoms with Gasteiger partial charge in [-0.25, -0.2) is 0 Å². The monoisotopic (exact) mass is 470 g/mol. The largest absolute Gasteiger partial charge is 0.493 e. The summed E-state index contributed by atoms with van der Waals surface area (Å²) >= 11 is 0. The zero-order chi connectivity index (χ0) is 23.9. The zero-order valence-corrected chi connectivity index (χ0v) is 19.1. The number of nitrogens with zero attached hydrogens (tertiary/aromatic N) is 2. The summed E-state index contributed by atoms with van der Waals surface area (Å²) in [4.78, 5) is 6.90. The van der Waals surface area contributed by atoms with E-state index < -0.39 is 11.7 Å². The van der Waals surface area contributed by atoms with Crippen LogP contribution in [0.1, 0.15) is 24.1 Å². The van der Waals surface area contributed by atoms with Crippen LogP contribution in [0.5, 0.6) is 5.75 Å². The summed E-state index contributed by atoms with van der Waals surface area (Å²) in [7, 11) is 0. The number of anilines is 2. The molecule has 2 fully saturated rings. The van der Waals surface area contributed by atoms with E-state index in [9.17, 15) is 13.2 Å². The first-order valence-corrected chi connectivity index (χ1v) is 11.7. The average molecular weight is 471 g/mol. The van der Waals surface area contributed by atoms with Crippen molar-refractivity contribution in [2.45, 2.75) is 32.0 Å². The molecule has 0 radical (unpaired) electrons. The van der Waals surface area contributed by atoms with Crippen LogP contribution >= 0.6 is 0 Å². The molecule has 0 bridgehead atoms. The molecule has 5 nitrogen and oxygen atoms in total. The molecule has 3 unspecified atom stereocenters. The molecule has 2 heterocycles. The smallest absolute Gasteiger partial charge is 0.416 e. The van der Waals surface area contributed by atoms with Gasteiger partial charge >= 0.3 is 6.18 Å². The molecule has 3 N–H and O–H groups in total. The maximum absolute atomic E-state index is 13.6. The fourth-order valence-corrected chi connectivity index (χ4v) is 5.18. The molecule has 8 heteroatoms. The first kappa shape index (κ1) is 22.9. The number of fused-ring (bicyclic) bond motifs is 2. The molecular weight excluding hydrogens is 441 g/mol. The molecule has 1 saturated carbocycles. The van der Waals surface area contributed by atoms with Gasteiger partial charge in [-0.2, -0.15) is 13.2 Å². The minimum atomic E-state index is -4.48. The van der Waals surface area contributed by atoms with Gasteiger partial charge in [0.15, 0.2) is 0 Å². The van der Waals surface area contributed by atoms with Gasteiger partial charge in [0.05, 0.1) is 17.7 Å². The predicted molar refractivity (Wildman–Crippen MR) is 127 cm³/mol. The van der Waals surface area contributed by atoms with E-state index >= 15 is 0 Å². The summed E-state index contributed by atoms with van der Waals surface area (Å²) < 4.78 is 46.6. The van der Waals surface area contributed by atoms with Gasteiger partial charge in [0.1, 0.15) is 5.75 Å². The third kappa shape index (κ3) is 4.83. The number of likely N-dealkylation sites (tertiary alicyclic amines) is 1. The van der Waals surface area contributed by atoms with E-state index in [4.69, 9.17) is 10.5 Å². The number of para-hydroxylation sites is 1. The van der Waals surface area contributed by atoms with E-state index in [1.165, 1.54) is 6.42 Å². The number of rotatable bonds is 8. The zero-order valence-electron chi connectivity index (χ0n) is 19.1. The molecule has 1 aromatic heterocycles. The number of aryl methyl sites for hydroxylation is 1. The fraction of sp³-hybridized carbons (Fsp3) is 0.423. The molecule has 1 aliphatic carbocycles. The van der Waals surface area contributed by atoms with Crippen LogP contribution in [0, 0.1) is 18.8 Å². The molecule has 180 valence electrons. The average Bonchev–Trinajstić information content (AvgIpc) is 3.46. The highest BCUT2D eigenvalue weighted by atomic mass is 19.4. The Labute approximate surface area is 197 Å². The Morgan fingerprint density at radius 1 is 1.18 bits per heavy atom. The molecule has 2 aromatic carbocycles. The minimum Gasteiger partial charge on any atom is -0.493 e. The number of aromatic nitrogens is 1. The third-order valence-corrected chi connectivity index (χ3v) is 6.87. The van der Waals surface area contributed by atoms with Crippen molar-refractivity contribution in [2.75, 3.05) is 31.6 Å². The number of halogens is 3. The highest BCUT2D eigenvalue weighted by molar-refractivity contribution is 5.93. The van der Waals surface area contributed by atoms with E-state index in [-0.39, 0.29) is 5.75 Å². The van der Waals surface area contributed by atoms with Gasteiger partial charge < -0.3 is 15.8 Å². The second-order valence-corrected chi connectivity index (χ2v) is 9.36. The van der Waals surface area contributed by atoms with Crippen molar-refractivity contribution < 1.29 is 17.9 Å². The van der Waals surface area contributed by atoms with Crippen molar-refractivity contribution in [3.05, 3.63) is 59.8 Å². The van der Waals surface area contributed by atoms with E-state index in [0.717, 1.165) is 60.1 Å². The number of hydrogen-bond donors (Lipinski definition) is 2. The molecule has 2 aliphatic rings. The highest BCUT2D eigenvalue weighted by Crippen LogP contribution is 2.49. The first-order chi connectivity index (χ1) is 16.3. The van der Waals surface area contributed by atoms with Gasteiger partial charge in [-0.3, -0.25) is 9.88 Å². The van der Waals surface area contributed by atoms with Crippen LogP contribution in [0.15, 0.2) is 48.5 Å². The Balaban J connectivity index is 1.31. The molecule has 34 heavy (non-hydrogen) atoms. The number of hydrogen-bond acceptors (Lipinski definition) is 5. The minimum absolute atomic E-state index is 0.201. The standard InChI is InChI=1S/C26H29F3N4O/c1-16-9-24(21-5-2-3-6-23(21)31-16)32-19-11-18(26(27,28)29)12-20(13-19)34-8-4-7-33-15-17-10-22(17)25(33)14-30/h2-3,5-6,9,11-13,17,22,25H,4,7-8,10,14-15,30H2,1H3,(H,31,32). The van der Waals surface area contributed by atoms with Gasteiger partial charge in [0.2, 0.25) is 0 Å². The summed E-state index contributed by atoms with van der Waals surface area (Å²) in [6.45, 7) is 4.79. The normalized spacial score (nSPS) is 22.1. The van der Waals surface area contributed by atoms with Gasteiger partial charge in [0.25, 0.3) is 0 Å². The van der Waals surface area contributed by atoms with Crippen molar-refractivity contribution in [1.29, 1.82) is 0 Å². The van der Waals surface area contributed by atoms with Crippen LogP contribution in [0.3, 0.4) is 0 Å². The van der Waals surface area contributed by atoms with Crippen LogP contribution in [0.2, 0.25) is 0 Å². The van der Waals surface area contributed by atoms with E-state index in [1.807, 2.05) is 37.3 Å².